The second-order valence-corrected chi connectivity index (χ2v) is 7.25. The quantitative estimate of drug-likeness (QED) is 0.686. The van der Waals surface area contributed by atoms with Crippen LogP contribution in [-0.4, -0.2) is 21.8 Å². The molecule has 1 amide bonds. The lowest BCUT2D eigenvalue weighted by atomic mass is 9.88. The third kappa shape index (κ3) is 2.28. The summed E-state index contributed by atoms with van der Waals surface area (Å²) in [5.41, 5.74) is 6.99. The Morgan fingerprint density at radius 2 is 2.04 bits per heavy atom. The van der Waals surface area contributed by atoms with E-state index in [4.69, 9.17) is 4.98 Å². The average molecular weight is 331 g/mol. The molecule has 1 unspecified atom stereocenters. The number of pyridine rings is 1. The van der Waals surface area contributed by atoms with E-state index >= 15 is 0 Å². The van der Waals surface area contributed by atoms with Gasteiger partial charge in [-0.3, -0.25) is 4.79 Å². The number of aryl methyl sites for hydroxylation is 2. The molecule has 1 aliphatic carbocycles. The Bertz CT molecular complexity index is 988. The minimum atomic E-state index is 0.0547. The molecule has 1 aromatic carbocycles. The van der Waals surface area contributed by atoms with Gasteiger partial charge >= 0.3 is 0 Å². The Kier molecular flexibility index (Phi) is 3.20. The Balaban J connectivity index is 1.47. The zero-order chi connectivity index (χ0) is 17.0. The zero-order valence-corrected chi connectivity index (χ0v) is 14.4. The summed E-state index contributed by atoms with van der Waals surface area (Å²) in [7, 11) is 0. The predicted octanol–water partition coefficient (Wildman–Crippen LogP) is 3.34. The number of imidazole rings is 1. The van der Waals surface area contributed by atoms with Crippen LogP contribution in [0.5, 0.6) is 0 Å². The number of anilines is 1. The number of carbonyl (C=O) groups is 1. The van der Waals surface area contributed by atoms with Gasteiger partial charge in [-0.05, 0) is 49.4 Å². The fourth-order valence-corrected chi connectivity index (χ4v) is 4.31. The fourth-order valence-electron chi connectivity index (χ4n) is 4.31. The first-order valence-corrected chi connectivity index (χ1v) is 9.06. The van der Waals surface area contributed by atoms with Crippen molar-refractivity contribution in [2.24, 2.45) is 5.92 Å². The molecule has 126 valence electrons. The summed E-state index contributed by atoms with van der Waals surface area (Å²) in [4.78, 5) is 20.0. The monoisotopic (exact) mass is 331 g/mol. The van der Waals surface area contributed by atoms with Crippen LogP contribution in [0.2, 0.25) is 0 Å². The van der Waals surface area contributed by atoms with Gasteiger partial charge in [0.15, 0.2) is 0 Å². The number of para-hydroxylation sites is 1. The molecule has 4 nitrogen and oxygen atoms in total. The predicted molar refractivity (Wildman–Crippen MR) is 97.9 cm³/mol. The van der Waals surface area contributed by atoms with E-state index in [0.29, 0.717) is 0 Å². The number of benzene rings is 1. The molecule has 0 N–H and O–H groups in total. The highest BCUT2D eigenvalue weighted by atomic mass is 16.2. The van der Waals surface area contributed by atoms with Crippen molar-refractivity contribution in [2.75, 3.05) is 11.4 Å². The first-order chi connectivity index (χ1) is 12.2. The van der Waals surface area contributed by atoms with Crippen molar-refractivity contribution >= 4 is 17.2 Å². The van der Waals surface area contributed by atoms with Crippen molar-refractivity contribution in [1.82, 2.24) is 9.38 Å². The molecule has 5 rings (SSSR count). The average Bonchev–Trinajstić information content (AvgIpc) is 3.22. The SMILES string of the molecule is Cc1ccc2nc3c(n2c1)CC(C(=O)N1CCc2ccccc21)CC3. The van der Waals surface area contributed by atoms with E-state index in [1.165, 1.54) is 16.8 Å². The first-order valence-electron chi connectivity index (χ1n) is 9.06. The molecule has 4 heteroatoms. The minimum absolute atomic E-state index is 0.0547. The van der Waals surface area contributed by atoms with Crippen LogP contribution in [0, 0.1) is 12.8 Å². The van der Waals surface area contributed by atoms with Crippen LogP contribution >= 0.6 is 0 Å². The minimum Gasteiger partial charge on any atom is -0.312 e. The lowest BCUT2D eigenvalue weighted by Crippen LogP contribution is -2.37. The highest BCUT2D eigenvalue weighted by Gasteiger charge is 2.33. The molecule has 25 heavy (non-hydrogen) atoms. The zero-order valence-electron chi connectivity index (χ0n) is 14.4. The number of nitrogens with zero attached hydrogens (tertiary/aromatic N) is 3. The molecule has 0 fully saturated rings. The summed E-state index contributed by atoms with van der Waals surface area (Å²) >= 11 is 0. The third-order valence-corrected chi connectivity index (χ3v) is 5.62. The van der Waals surface area contributed by atoms with Crippen molar-refractivity contribution in [3.8, 4) is 0 Å². The van der Waals surface area contributed by atoms with Gasteiger partial charge in [0, 0.05) is 36.5 Å². The molecule has 2 aliphatic rings. The molecule has 3 aromatic rings. The molecular weight excluding hydrogens is 310 g/mol. The van der Waals surface area contributed by atoms with E-state index in [-0.39, 0.29) is 11.8 Å². The summed E-state index contributed by atoms with van der Waals surface area (Å²) in [6.07, 6.45) is 5.68. The van der Waals surface area contributed by atoms with Crippen LogP contribution in [-0.2, 0) is 24.1 Å². The molecule has 1 atom stereocenters. The normalized spacial score (nSPS) is 19.1. The van der Waals surface area contributed by atoms with Crippen molar-refractivity contribution in [1.29, 1.82) is 0 Å². The standard InChI is InChI=1S/C21H21N3O/c1-14-6-9-20-22-17-8-7-16(12-19(17)24(20)13-14)21(25)23-11-10-15-4-2-3-5-18(15)23/h2-6,9,13,16H,7-8,10-12H2,1H3. The summed E-state index contributed by atoms with van der Waals surface area (Å²) in [6, 6.07) is 12.5. The van der Waals surface area contributed by atoms with Crippen LogP contribution < -0.4 is 4.90 Å². The third-order valence-electron chi connectivity index (χ3n) is 5.62. The maximum atomic E-state index is 13.2. The van der Waals surface area contributed by atoms with Crippen LogP contribution in [0.15, 0.2) is 42.6 Å². The molecule has 2 aromatic heterocycles. The molecule has 0 saturated heterocycles. The number of fused-ring (bicyclic) bond motifs is 4. The molecule has 0 bridgehead atoms. The molecule has 0 spiro atoms. The number of rotatable bonds is 1. The molecule has 3 heterocycles. The molecule has 1 aliphatic heterocycles. The topological polar surface area (TPSA) is 37.6 Å². The van der Waals surface area contributed by atoms with Gasteiger partial charge in [0.2, 0.25) is 5.91 Å². The Labute approximate surface area is 147 Å². The summed E-state index contributed by atoms with van der Waals surface area (Å²) in [6.45, 7) is 2.91. The largest absolute Gasteiger partial charge is 0.312 e. The van der Waals surface area contributed by atoms with E-state index in [2.05, 4.69) is 47.9 Å². The first kappa shape index (κ1) is 14.7. The number of aromatic nitrogens is 2. The van der Waals surface area contributed by atoms with Gasteiger partial charge in [-0.15, -0.1) is 0 Å². The van der Waals surface area contributed by atoms with Crippen LogP contribution in [0.1, 0.15) is 28.9 Å². The van der Waals surface area contributed by atoms with Gasteiger partial charge in [-0.2, -0.15) is 0 Å². The van der Waals surface area contributed by atoms with Gasteiger partial charge in [-0.1, -0.05) is 24.3 Å². The lowest BCUT2D eigenvalue weighted by molar-refractivity contribution is -0.122. The molecule has 0 saturated carbocycles. The Morgan fingerprint density at radius 1 is 1.16 bits per heavy atom. The maximum Gasteiger partial charge on any atom is 0.230 e. The van der Waals surface area contributed by atoms with E-state index in [9.17, 15) is 4.79 Å². The van der Waals surface area contributed by atoms with E-state index < -0.39 is 0 Å². The van der Waals surface area contributed by atoms with Gasteiger partial charge in [0.1, 0.15) is 5.65 Å². The smallest absolute Gasteiger partial charge is 0.230 e. The Hall–Kier alpha value is -2.62. The van der Waals surface area contributed by atoms with Crippen molar-refractivity contribution in [2.45, 2.75) is 32.6 Å². The Morgan fingerprint density at radius 3 is 2.96 bits per heavy atom. The molecular formula is C21H21N3O. The summed E-state index contributed by atoms with van der Waals surface area (Å²) < 4.78 is 2.18. The lowest BCUT2D eigenvalue weighted by Gasteiger charge is -2.26. The number of amides is 1. The second kappa shape index (κ2) is 5.45. The van der Waals surface area contributed by atoms with Gasteiger partial charge in [-0.25, -0.2) is 4.98 Å². The van der Waals surface area contributed by atoms with Crippen molar-refractivity contribution in [3.63, 3.8) is 0 Å². The summed E-state index contributed by atoms with van der Waals surface area (Å²) in [5, 5.41) is 0. The van der Waals surface area contributed by atoms with Crippen LogP contribution in [0.4, 0.5) is 5.69 Å². The van der Waals surface area contributed by atoms with Crippen molar-refractivity contribution < 1.29 is 4.79 Å². The maximum absolute atomic E-state index is 13.2. The van der Waals surface area contributed by atoms with E-state index in [1.54, 1.807) is 0 Å². The number of hydrogen-bond acceptors (Lipinski definition) is 2. The number of carbonyl (C=O) groups excluding carboxylic acids is 1. The highest BCUT2D eigenvalue weighted by molar-refractivity contribution is 5.97. The van der Waals surface area contributed by atoms with E-state index in [0.717, 1.165) is 49.3 Å². The number of hydrogen-bond donors (Lipinski definition) is 0. The highest BCUT2D eigenvalue weighted by Crippen LogP contribution is 2.33. The van der Waals surface area contributed by atoms with Gasteiger partial charge in [0.25, 0.3) is 0 Å². The van der Waals surface area contributed by atoms with Gasteiger partial charge in [0.05, 0.1) is 5.69 Å². The van der Waals surface area contributed by atoms with Crippen LogP contribution in [0.3, 0.4) is 0 Å². The fraction of sp³-hybridized carbons (Fsp3) is 0.333. The molecule has 0 radical (unpaired) electrons. The second-order valence-electron chi connectivity index (χ2n) is 7.25. The van der Waals surface area contributed by atoms with E-state index in [1.807, 2.05) is 11.0 Å². The van der Waals surface area contributed by atoms with Crippen molar-refractivity contribution in [3.05, 3.63) is 65.1 Å². The van der Waals surface area contributed by atoms with Gasteiger partial charge < -0.3 is 9.30 Å². The van der Waals surface area contributed by atoms with Crippen LogP contribution in [0.25, 0.3) is 5.65 Å². The summed E-state index contributed by atoms with van der Waals surface area (Å²) in [5.74, 6) is 0.331.